The van der Waals surface area contributed by atoms with E-state index in [4.69, 9.17) is 0 Å². The number of nitrogens with zero attached hydrogens (tertiary/aromatic N) is 1. The van der Waals surface area contributed by atoms with Crippen LogP contribution in [0.2, 0.25) is 0 Å². The van der Waals surface area contributed by atoms with Gasteiger partial charge < -0.3 is 5.32 Å². The third kappa shape index (κ3) is 3.95. The standard InChI is InChI=1S/C25H30F2N2/c1-19(20-11-13-22(14-12-20)24(2,26)27)28-23(21-9-4-3-5-10-21)25(15-8-16-25)29-17-6-7-18-29/h3-5,9-14,23,28H,1,6-8,15-18H2,2H3. The first-order valence-electron chi connectivity index (χ1n) is 10.6. The Labute approximate surface area is 172 Å². The van der Waals surface area contributed by atoms with Gasteiger partial charge in [-0.1, -0.05) is 61.2 Å². The molecule has 29 heavy (non-hydrogen) atoms. The van der Waals surface area contributed by atoms with Crippen LogP contribution in [0.4, 0.5) is 8.78 Å². The van der Waals surface area contributed by atoms with E-state index in [9.17, 15) is 8.78 Å². The summed E-state index contributed by atoms with van der Waals surface area (Å²) in [5, 5.41) is 3.70. The lowest BCUT2D eigenvalue weighted by Crippen LogP contribution is -2.59. The molecule has 2 nitrogen and oxygen atoms in total. The number of halogens is 2. The van der Waals surface area contributed by atoms with Crippen molar-refractivity contribution in [3.05, 3.63) is 77.9 Å². The highest BCUT2D eigenvalue weighted by molar-refractivity contribution is 5.63. The molecule has 154 valence electrons. The predicted molar refractivity (Wildman–Crippen MR) is 115 cm³/mol. The average molecular weight is 397 g/mol. The van der Waals surface area contributed by atoms with Crippen molar-refractivity contribution in [1.29, 1.82) is 0 Å². The van der Waals surface area contributed by atoms with Crippen LogP contribution in [-0.2, 0) is 5.92 Å². The first kappa shape index (κ1) is 20.1. The molecule has 4 rings (SSSR count). The van der Waals surface area contributed by atoms with Gasteiger partial charge in [0.1, 0.15) is 0 Å². The Bertz CT molecular complexity index is 829. The second kappa shape index (κ2) is 7.91. The Kier molecular flexibility index (Phi) is 5.48. The molecule has 1 aliphatic carbocycles. The van der Waals surface area contributed by atoms with Crippen LogP contribution in [0, 0.1) is 0 Å². The second-order valence-electron chi connectivity index (χ2n) is 8.58. The quantitative estimate of drug-likeness (QED) is 0.607. The van der Waals surface area contributed by atoms with E-state index in [1.807, 2.05) is 6.07 Å². The molecule has 2 aliphatic rings. The van der Waals surface area contributed by atoms with E-state index in [0.29, 0.717) is 0 Å². The maximum atomic E-state index is 13.6. The smallest absolute Gasteiger partial charge is 0.270 e. The first-order chi connectivity index (χ1) is 13.9. The number of alkyl halides is 2. The molecule has 0 amide bonds. The van der Waals surface area contributed by atoms with E-state index < -0.39 is 5.92 Å². The number of nitrogens with one attached hydrogen (secondary N) is 1. The number of benzene rings is 2. The fraction of sp³-hybridized carbons (Fsp3) is 0.440. The highest BCUT2D eigenvalue weighted by Gasteiger charge is 2.49. The summed E-state index contributed by atoms with van der Waals surface area (Å²) < 4.78 is 27.1. The van der Waals surface area contributed by atoms with Crippen LogP contribution in [-0.4, -0.2) is 23.5 Å². The Morgan fingerprint density at radius 1 is 1.00 bits per heavy atom. The van der Waals surface area contributed by atoms with E-state index in [0.717, 1.165) is 31.3 Å². The number of rotatable bonds is 7. The van der Waals surface area contributed by atoms with Crippen molar-refractivity contribution in [2.45, 2.75) is 56.5 Å². The van der Waals surface area contributed by atoms with E-state index in [-0.39, 0.29) is 17.1 Å². The average Bonchev–Trinajstić information content (AvgIpc) is 3.21. The number of likely N-dealkylation sites (tertiary alicyclic amines) is 1. The van der Waals surface area contributed by atoms with Crippen molar-refractivity contribution in [3.8, 4) is 0 Å². The van der Waals surface area contributed by atoms with Crippen molar-refractivity contribution in [1.82, 2.24) is 10.2 Å². The molecule has 0 spiro atoms. The third-order valence-electron chi connectivity index (χ3n) is 6.68. The summed E-state index contributed by atoms with van der Waals surface area (Å²) in [6.45, 7) is 7.49. The zero-order chi connectivity index (χ0) is 20.5. The first-order valence-corrected chi connectivity index (χ1v) is 10.6. The van der Waals surface area contributed by atoms with Crippen molar-refractivity contribution in [2.24, 2.45) is 0 Å². The third-order valence-corrected chi connectivity index (χ3v) is 6.68. The maximum absolute atomic E-state index is 13.6. The van der Waals surface area contributed by atoms with Crippen molar-refractivity contribution >= 4 is 5.70 Å². The molecule has 1 atom stereocenters. The minimum atomic E-state index is -2.83. The van der Waals surface area contributed by atoms with Gasteiger partial charge in [-0.3, -0.25) is 4.90 Å². The summed E-state index contributed by atoms with van der Waals surface area (Å²) in [5.74, 6) is -2.83. The zero-order valence-corrected chi connectivity index (χ0v) is 17.1. The van der Waals surface area contributed by atoms with Crippen LogP contribution >= 0.6 is 0 Å². The van der Waals surface area contributed by atoms with E-state index in [1.54, 1.807) is 12.1 Å². The molecule has 2 aromatic carbocycles. The lowest BCUT2D eigenvalue weighted by molar-refractivity contribution is 0.00376. The van der Waals surface area contributed by atoms with Gasteiger partial charge in [0, 0.05) is 23.7 Å². The summed E-state index contributed by atoms with van der Waals surface area (Å²) in [5.41, 5.74) is 3.04. The van der Waals surface area contributed by atoms with Crippen LogP contribution in [0.1, 0.15) is 61.8 Å². The monoisotopic (exact) mass is 396 g/mol. The summed E-state index contributed by atoms with van der Waals surface area (Å²) >= 11 is 0. The fourth-order valence-corrected chi connectivity index (χ4v) is 4.88. The Morgan fingerprint density at radius 3 is 2.14 bits per heavy atom. The van der Waals surface area contributed by atoms with Crippen LogP contribution in [0.3, 0.4) is 0 Å². The lowest BCUT2D eigenvalue weighted by Gasteiger charge is -2.54. The molecule has 1 aliphatic heterocycles. The Hall–Kier alpha value is -2.20. The van der Waals surface area contributed by atoms with Gasteiger partial charge in [0.2, 0.25) is 0 Å². The molecule has 0 radical (unpaired) electrons. The SMILES string of the molecule is C=C(NC(c1ccccc1)C1(N2CCCC2)CCC1)c1ccc(C(C)(F)F)cc1. The highest BCUT2D eigenvalue weighted by atomic mass is 19.3. The molecule has 2 aromatic rings. The number of hydrogen-bond acceptors (Lipinski definition) is 2. The summed E-state index contributed by atoms with van der Waals surface area (Å²) in [6, 6.07) is 17.2. The molecular weight excluding hydrogens is 366 g/mol. The topological polar surface area (TPSA) is 15.3 Å². The molecular formula is C25H30F2N2. The second-order valence-corrected chi connectivity index (χ2v) is 8.58. The molecule has 1 heterocycles. The molecule has 2 fully saturated rings. The van der Waals surface area contributed by atoms with E-state index in [2.05, 4.69) is 41.1 Å². The van der Waals surface area contributed by atoms with Gasteiger partial charge in [-0.05, 0) is 56.3 Å². The van der Waals surface area contributed by atoms with Crippen molar-refractivity contribution in [2.75, 3.05) is 13.1 Å². The van der Waals surface area contributed by atoms with E-state index >= 15 is 0 Å². The van der Waals surface area contributed by atoms with Gasteiger partial charge in [0.05, 0.1) is 6.04 Å². The zero-order valence-electron chi connectivity index (χ0n) is 17.1. The van der Waals surface area contributed by atoms with Crippen molar-refractivity contribution < 1.29 is 8.78 Å². The minimum absolute atomic E-state index is 0.0289. The summed E-state index contributed by atoms with van der Waals surface area (Å²) in [6.07, 6.45) is 6.11. The molecule has 1 saturated carbocycles. The van der Waals surface area contributed by atoms with E-state index in [1.165, 1.54) is 49.8 Å². The van der Waals surface area contributed by atoms with Crippen LogP contribution in [0.15, 0.2) is 61.2 Å². The van der Waals surface area contributed by atoms with Crippen LogP contribution < -0.4 is 5.32 Å². The summed E-state index contributed by atoms with van der Waals surface area (Å²) in [4.78, 5) is 2.66. The molecule has 1 unspecified atom stereocenters. The molecule has 4 heteroatoms. The van der Waals surface area contributed by atoms with Crippen LogP contribution in [0.5, 0.6) is 0 Å². The lowest BCUT2D eigenvalue weighted by atomic mass is 9.68. The largest absolute Gasteiger partial charge is 0.376 e. The van der Waals surface area contributed by atoms with Gasteiger partial charge in [0.25, 0.3) is 5.92 Å². The molecule has 0 aromatic heterocycles. The highest BCUT2D eigenvalue weighted by Crippen LogP contribution is 2.48. The summed E-state index contributed by atoms with van der Waals surface area (Å²) in [7, 11) is 0. The fourth-order valence-electron chi connectivity index (χ4n) is 4.88. The van der Waals surface area contributed by atoms with Gasteiger partial charge in [-0.25, -0.2) is 8.78 Å². The van der Waals surface area contributed by atoms with Gasteiger partial charge in [0.15, 0.2) is 0 Å². The van der Waals surface area contributed by atoms with Crippen molar-refractivity contribution in [3.63, 3.8) is 0 Å². The molecule has 1 saturated heterocycles. The Morgan fingerprint density at radius 2 is 1.62 bits per heavy atom. The predicted octanol–water partition coefficient (Wildman–Crippen LogP) is 6.12. The molecule has 0 bridgehead atoms. The van der Waals surface area contributed by atoms with Crippen LogP contribution in [0.25, 0.3) is 5.70 Å². The van der Waals surface area contributed by atoms with Gasteiger partial charge in [-0.2, -0.15) is 0 Å². The van der Waals surface area contributed by atoms with Gasteiger partial charge in [-0.15, -0.1) is 0 Å². The Balaban J connectivity index is 1.61. The number of hydrogen-bond donors (Lipinski definition) is 1. The van der Waals surface area contributed by atoms with Gasteiger partial charge >= 0.3 is 0 Å². The normalized spacial score (nSPS) is 20.1. The minimum Gasteiger partial charge on any atom is -0.376 e. The molecule has 1 N–H and O–H groups in total. The maximum Gasteiger partial charge on any atom is 0.270 e.